The molecule has 3 nitrogen and oxygen atoms in total. The predicted octanol–water partition coefficient (Wildman–Crippen LogP) is 0.877. The lowest BCUT2D eigenvalue weighted by atomic mass is 10.1. The number of hydrogen-bond donors (Lipinski definition) is 1. The molecule has 0 radical (unpaired) electrons. The lowest BCUT2D eigenvalue weighted by Gasteiger charge is -2.06. The largest absolute Gasteiger partial charge is 0.466 e. The van der Waals surface area contributed by atoms with Crippen LogP contribution in [-0.2, 0) is 9.53 Å². The first-order valence-corrected chi connectivity index (χ1v) is 3.56. The van der Waals surface area contributed by atoms with Crippen LogP contribution in [0.1, 0.15) is 20.3 Å². The van der Waals surface area contributed by atoms with E-state index in [2.05, 4.69) is 4.74 Å². The molecule has 0 heterocycles. The van der Waals surface area contributed by atoms with Gasteiger partial charge in [-0.05, 0) is 18.9 Å². The molecule has 0 aliphatic carbocycles. The molecule has 0 aliphatic heterocycles. The zero-order valence-electron chi connectivity index (χ0n) is 7.13. The fraction of sp³-hybridized carbons (Fsp3) is 0.625. The van der Waals surface area contributed by atoms with E-state index < -0.39 is 12.1 Å². The van der Waals surface area contributed by atoms with Crippen molar-refractivity contribution in [3.63, 3.8) is 0 Å². The van der Waals surface area contributed by atoms with E-state index >= 15 is 0 Å². The van der Waals surface area contributed by atoms with Crippen molar-refractivity contribution in [1.29, 1.82) is 0 Å². The van der Waals surface area contributed by atoms with Gasteiger partial charge in [0.15, 0.2) is 0 Å². The quantitative estimate of drug-likeness (QED) is 0.490. The summed E-state index contributed by atoms with van der Waals surface area (Å²) in [4.78, 5) is 10.6. The van der Waals surface area contributed by atoms with Crippen molar-refractivity contribution in [2.45, 2.75) is 26.4 Å². The standard InChI is InChI=1S/C8H14O3/c1-4-7(9)6(2)5-8(10)11-3/h5,7,9H,4H2,1-3H3. The number of carbonyl (C=O) groups is 1. The molecule has 1 N–H and O–H groups in total. The molecule has 0 aromatic rings. The number of ether oxygens (including phenoxy) is 1. The van der Waals surface area contributed by atoms with Gasteiger partial charge in [0.2, 0.25) is 0 Å². The van der Waals surface area contributed by atoms with Gasteiger partial charge < -0.3 is 9.84 Å². The molecule has 0 saturated heterocycles. The topological polar surface area (TPSA) is 46.5 Å². The van der Waals surface area contributed by atoms with Crippen molar-refractivity contribution >= 4 is 5.97 Å². The van der Waals surface area contributed by atoms with Crippen molar-refractivity contribution in [3.05, 3.63) is 11.6 Å². The van der Waals surface area contributed by atoms with Crippen LogP contribution < -0.4 is 0 Å². The lowest BCUT2D eigenvalue weighted by molar-refractivity contribution is -0.134. The molecule has 11 heavy (non-hydrogen) atoms. The van der Waals surface area contributed by atoms with Gasteiger partial charge in [-0.3, -0.25) is 0 Å². The van der Waals surface area contributed by atoms with Crippen LogP contribution in [0.5, 0.6) is 0 Å². The molecule has 0 aliphatic rings. The number of carbonyl (C=O) groups excluding carboxylic acids is 1. The second-order valence-corrected chi connectivity index (χ2v) is 2.34. The molecule has 3 heteroatoms. The number of methoxy groups -OCH3 is 1. The monoisotopic (exact) mass is 158 g/mol. The number of aliphatic hydroxyl groups excluding tert-OH is 1. The van der Waals surface area contributed by atoms with Gasteiger partial charge in [-0.15, -0.1) is 0 Å². The maximum atomic E-state index is 10.6. The third-order valence-electron chi connectivity index (χ3n) is 1.46. The summed E-state index contributed by atoms with van der Waals surface area (Å²) >= 11 is 0. The van der Waals surface area contributed by atoms with Gasteiger partial charge in [0.25, 0.3) is 0 Å². The van der Waals surface area contributed by atoms with Gasteiger partial charge in [-0.1, -0.05) is 6.92 Å². The van der Waals surface area contributed by atoms with Gasteiger partial charge in [-0.25, -0.2) is 4.79 Å². The minimum atomic E-state index is -0.533. The molecule has 0 bridgehead atoms. The Hall–Kier alpha value is -0.830. The van der Waals surface area contributed by atoms with E-state index in [0.717, 1.165) is 0 Å². The van der Waals surface area contributed by atoms with Crippen molar-refractivity contribution in [3.8, 4) is 0 Å². The molecule has 0 amide bonds. The summed E-state index contributed by atoms with van der Waals surface area (Å²) in [7, 11) is 1.31. The zero-order valence-corrected chi connectivity index (χ0v) is 7.13. The van der Waals surface area contributed by atoms with Crippen LogP contribution >= 0.6 is 0 Å². The van der Waals surface area contributed by atoms with Gasteiger partial charge in [0, 0.05) is 6.08 Å². The summed E-state index contributed by atoms with van der Waals surface area (Å²) in [5, 5.41) is 9.19. The van der Waals surface area contributed by atoms with E-state index in [9.17, 15) is 9.90 Å². The number of rotatable bonds is 3. The number of esters is 1. The fourth-order valence-corrected chi connectivity index (χ4v) is 0.663. The molecule has 0 saturated carbocycles. The summed E-state index contributed by atoms with van der Waals surface area (Å²) in [5.74, 6) is -0.421. The van der Waals surface area contributed by atoms with Crippen LogP contribution in [0, 0.1) is 0 Å². The molecule has 1 unspecified atom stereocenters. The molecule has 64 valence electrons. The maximum absolute atomic E-state index is 10.6. The minimum absolute atomic E-state index is 0.421. The molecular weight excluding hydrogens is 144 g/mol. The highest BCUT2D eigenvalue weighted by Crippen LogP contribution is 2.04. The third kappa shape index (κ3) is 3.78. The highest BCUT2D eigenvalue weighted by atomic mass is 16.5. The first-order valence-electron chi connectivity index (χ1n) is 3.56. The lowest BCUT2D eigenvalue weighted by Crippen LogP contribution is -2.08. The van der Waals surface area contributed by atoms with Gasteiger partial charge in [0.1, 0.15) is 0 Å². The van der Waals surface area contributed by atoms with Crippen molar-refractivity contribution in [2.24, 2.45) is 0 Å². The van der Waals surface area contributed by atoms with E-state index in [1.165, 1.54) is 13.2 Å². The summed E-state index contributed by atoms with van der Waals surface area (Å²) in [6, 6.07) is 0. The van der Waals surface area contributed by atoms with E-state index in [0.29, 0.717) is 12.0 Å². The summed E-state index contributed by atoms with van der Waals surface area (Å²) in [5.41, 5.74) is 0.638. The van der Waals surface area contributed by atoms with E-state index in [-0.39, 0.29) is 0 Å². The first kappa shape index (κ1) is 10.2. The number of hydrogen-bond acceptors (Lipinski definition) is 3. The fourth-order valence-electron chi connectivity index (χ4n) is 0.663. The average Bonchev–Trinajstić information content (AvgIpc) is 2.02. The van der Waals surface area contributed by atoms with Crippen LogP contribution in [0.4, 0.5) is 0 Å². The van der Waals surface area contributed by atoms with Gasteiger partial charge in [-0.2, -0.15) is 0 Å². The van der Waals surface area contributed by atoms with Crippen LogP contribution in [0.15, 0.2) is 11.6 Å². The average molecular weight is 158 g/mol. The normalized spacial score (nSPS) is 14.4. The zero-order chi connectivity index (χ0) is 8.85. The Morgan fingerprint density at radius 2 is 2.27 bits per heavy atom. The Morgan fingerprint density at radius 3 is 2.64 bits per heavy atom. The summed E-state index contributed by atoms with van der Waals surface area (Å²) < 4.78 is 4.39. The Morgan fingerprint density at radius 1 is 1.73 bits per heavy atom. The smallest absolute Gasteiger partial charge is 0.330 e. The predicted molar refractivity (Wildman–Crippen MR) is 42.1 cm³/mol. The van der Waals surface area contributed by atoms with E-state index in [4.69, 9.17) is 0 Å². The van der Waals surface area contributed by atoms with Crippen LogP contribution in [0.3, 0.4) is 0 Å². The first-order chi connectivity index (χ1) is 5.11. The van der Waals surface area contributed by atoms with Crippen molar-refractivity contribution in [2.75, 3.05) is 7.11 Å². The highest BCUT2D eigenvalue weighted by Gasteiger charge is 2.04. The highest BCUT2D eigenvalue weighted by molar-refractivity contribution is 5.82. The van der Waals surface area contributed by atoms with Crippen molar-refractivity contribution in [1.82, 2.24) is 0 Å². The molecule has 0 aromatic carbocycles. The minimum Gasteiger partial charge on any atom is -0.466 e. The molecule has 0 spiro atoms. The van der Waals surface area contributed by atoms with Crippen LogP contribution in [0.2, 0.25) is 0 Å². The SMILES string of the molecule is CCC(O)C(C)=CC(=O)OC. The van der Waals surface area contributed by atoms with E-state index in [1.807, 2.05) is 6.92 Å². The molecular formula is C8H14O3. The van der Waals surface area contributed by atoms with Crippen LogP contribution in [-0.4, -0.2) is 24.3 Å². The Labute approximate surface area is 66.7 Å². The molecule has 0 fully saturated rings. The summed E-state index contributed by atoms with van der Waals surface area (Å²) in [6.45, 7) is 3.55. The Kier molecular flexibility index (Phi) is 4.54. The summed E-state index contributed by atoms with van der Waals surface area (Å²) in [6.07, 6.45) is 1.38. The molecule has 0 aromatic heterocycles. The second-order valence-electron chi connectivity index (χ2n) is 2.34. The Bertz CT molecular complexity index is 161. The second kappa shape index (κ2) is 4.91. The number of aliphatic hydroxyl groups is 1. The van der Waals surface area contributed by atoms with E-state index in [1.54, 1.807) is 6.92 Å². The Balaban J connectivity index is 4.09. The van der Waals surface area contributed by atoms with Crippen LogP contribution in [0.25, 0.3) is 0 Å². The molecule has 1 atom stereocenters. The molecule has 0 rings (SSSR count). The van der Waals surface area contributed by atoms with Gasteiger partial charge in [0.05, 0.1) is 13.2 Å². The maximum Gasteiger partial charge on any atom is 0.330 e. The van der Waals surface area contributed by atoms with Gasteiger partial charge >= 0.3 is 5.97 Å². The third-order valence-corrected chi connectivity index (χ3v) is 1.46. The van der Waals surface area contributed by atoms with Crippen molar-refractivity contribution < 1.29 is 14.6 Å².